The summed E-state index contributed by atoms with van der Waals surface area (Å²) in [5.74, 6) is 0.372. The van der Waals surface area contributed by atoms with Crippen LogP contribution in [0.4, 0.5) is 11.4 Å². The number of methoxy groups -OCH3 is 1. The number of hydrogen-bond donors (Lipinski definition) is 3. The minimum Gasteiger partial charge on any atom is -0.495 e. The van der Waals surface area contributed by atoms with E-state index in [1.54, 1.807) is 30.1 Å². The molecule has 1 rings (SSSR count). The van der Waals surface area contributed by atoms with E-state index < -0.39 is 0 Å². The van der Waals surface area contributed by atoms with Gasteiger partial charge >= 0.3 is 0 Å². The summed E-state index contributed by atoms with van der Waals surface area (Å²) in [7, 11) is 3.28. The maximum absolute atomic E-state index is 11.7. The van der Waals surface area contributed by atoms with Crippen molar-refractivity contribution >= 4 is 17.3 Å². The van der Waals surface area contributed by atoms with E-state index in [0.717, 1.165) is 0 Å². The lowest BCUT2D eigenvalue weighted by atomic mass is 10.2. The summed E-state index contributed by atoms with van der Waals surface area (Å²) in [6, 6.07) is 5.04. The van der Waals surface area contributed by atoms with Gasteiger partial charge in [0, 0.05) is 12.2 Å². The topological polar surface area (TPSA) is 87.8 Å². The lowest BCUT2D eigenvalue weighted by molar-refractivity contribution is -0.117. The van der Waals surface area contributed by atoms with Crippen LogP contribution in [0.2, 0.25) is 0 Å². The molecule has 4 N–H and O–H groups in total. The number of nitrogens with one attached hydrogen (secondary N) is 1. The maximum atomic E-state index is 11.7. The number of rotatable bonds is 6. The lowest BCUT2D eigenvalue weighted by Crippen LogP contribution is -2.32. The van der Waals surface area contributed by atoms with Crippen LogP contribution in [0.1, 0.15) is 0 Å². The van der Waals surface area contributed by atoms with Crippen LogP contribution < -0.4 is 15.8 Å². The van der Waals surface area contributed by atoms with E-state index >= 15 is 0 Å². The van der Waals surface area contributed by atoms with Crippen molar-refractivity contribution in [2.24, 2.45) is 0 Å². The van der Waals surface area contributed by atoms with Crippen molar-refractivity contribution in [3.8, 4) is 5.75 Å². The Hall–Kier alpha value is -1.79. The Morgan fingerprint density at radius 2 is 2.28 bits per heavy atom. The van der Waals surface area contributed by atoms with Crippen molar-refractivity contribution < 1.29 is 14.6 Å². The Kier molecular flexibility index (Phi) is 5.41. The monoisotopic (exact) mass is 253 g/mol. The van der Waals surface area contributed by atoms with Crippen molar-refractivity contribution in [1.82, 2.24) is 4.90 Å². The highest BCUT2D eigenvalue weighted by atomic mass is 16.5. The van der Waals surface area contributed by atoms with Crippen molar-refractivity contribution in [1.29, 1.82) is 0 Å². The van der Waals surface area contributed by atoms with Gasteiger partial charge < -0.3 is 20.9 Å². The zero-order valence-corrected chi connectivity index (χ0v) is 10.6. The Morgan fingerprint density at radius 1 is 1.56 bits per heavy atom. The largest absolute Gasteiger partial charge is 0.495 e. The van der Waals surface area contributed by atoms with Crippen LogP contribution in [0.25, 0.3) is 0 Å². The number of aliphatic hydroxyl groups excluding tert-OH is 1. The molecule has 1 aromatic rings. The fourth-order valence-corrected chi connectivity index (χ4v) is 1.51. The first kappa shape index (κ1) is 14.3. The second-order valence-electron chi connectivity index (χ2n) is 3.97. The lowest BCUT2D eigenvalue weighted by Gasteiger charge is -2.16. The van der Waals surface area contributed by atoms with E-state index in [2.05, 4.69) is 5.32 Å². The molecule has 6 heteroatoms. The summed E-state index contributed by atoms with van der Waals surface area (Å²) in [6.07, 6.45) is 0. The first-order valence-electron chi connectivity index (χ1n) is 5.59. The molecule has 0 aliphatic rings. The molecule has 0 aliphatic carbocycles. The van der Waals surface area contributed by atoms with Gasteiger partial charge in [-0.3, -0.25) is 9.69 Å². The second kappa shape index (κ2) is 6.83. The molecule has 100 valence electrons. The summed E-state index contributed by atoms with van der Waals surface area (Å²) < 4.78 is 5.13. The fraction of sp³-hybridized carbons (Fsp3) is 0.417. The van der Waals surface area contributed by atoms with Crippen molar-refractivity contribution in [2.45, 2.75) is 0 Å². The molecule has 0 heterocycles. The second-order valence-corrected chi connectivity index (χ2v) is 3.97. The van der Waals surface area contributed by atoms with E-state index in [0.29, 0.717) is 23.7 Å². The number of aliphatic hydroxyl groups is 1. The average Bonchev–Trinajstić information content (AvgIpc) is 2.29. The summed E-state index contributed by atoms with van der Waals surface area (Å²) in [5.41, 5.74) is 6.75. The zero-order chi connectivity index (χ0) is 13.5. The number of nitrogens with two attached hydrogens (primary N) is 1. The maximum Gasteiger partial charge on any atom is 0.238 e. The number of hydrogen-bond acceptors (Lipinski definition) is 5. The molecule has 0 atom stereocenters. The Balaban J connectivity index is 2.66. The van der Waals surface area contributed by atoms with E-state index in [4.69, 9.17) is 15.6 Å². The van der Waals surface area contributed by atoms with Crippen LogP contribution in [0, 0.1) is 0 Å². The van der Waals surface area contributed by atoms with Crippen molar-refractivity contribution in [3.63, 3.8) is 0 Å². The molecule has 6 nitrogen and oxygen atoms in total. The van der Waals surface area contributed by atoms with Crippen LogP contribution in [0.15, 0.2) is 18.2 Å². The summed E-state index contributed by atoms with van der Waals surface area (Å²) in [4.78, 5) is 13.5. The van der Waals surface area contributed by atoms with Gasteiger partial charge in [0.1, 0.15) is 5.75 Å². The highest BCUT2D eigenvalue weighted by molar-refractivity contribution is 5.94. The number of benzene rings is 1. The van der Waals surface area contributed by atoms with E-state index in [-0.39, 0.29) is 19.1 Å². The normalized spacial score (nSPS) is 10.4. The summed E-state index contributed by atoms with van der Waals surface area (Å²) in [5, 5.41) is 11.5. The molecule has 0 radical (unpaired) electrons. The third-order valence-electron chi connectivity index (χ3n) is 2.39. The van der Waals surface area contributed by atoms with Gasteiger partial charge in [-0.15, -0.1) is 0 Å². The van der Waals surface area contributed by atoms with E-state index in [9.17, 15) is 4.79 Å². The Morgan fingerprint density at radius 3 is 2.89 bits per heavy atom. The van der Waals surface area contributed by atoms with Gasteiger partial charge in [0.15, 0.2) is 0 Å². The zero-order valence-electron chi connectivity index (χ0n) is 10.6. The highest BCUT2D eigenvalue weighted by Crippen LogP contribution is 2.26. The minimum absolute atomic E-state index is 0.0192. The van der Waals surface area contributed by atoms with Gasteiger partial charge in [-0.1, -0.05) is 0 Å². The van der Waals surface area contributed by atoms with Crippen molar-refractivity contribution in [3.05, 3.63) is 18.2 Å². The number of likely N-dealkylation sites (N-methyl/N-ethyl adjacent to an activating group) is 1. The van der Waals surface area contributed by atoms with Gasteiger partial charge in [0.25, 0.3) is 0 Å². The molecule has 1 amide bonds. The van der Waals surface area contributed by atoms with Gasteiger partial charge in [0.05, 0.1) is 25.9 Å². The van der Waals surface area contributed by atoms with E-state index in [1.807, 2.05) is 0 Å². The predicted octanol–water partition coefficient (Wildman–Crippen LogP) is 0.140. The third kappa shape index (κ3) is 4.23. The molecule has 0 spiro atoms. The van der Waals surface area contributed by atoms with Crippen LogP contribution in [0.3, 0.4) is 0 Å². The molecular formula is C12H19N3O3. The van der Waals surface area contributed by atoms with Crippen molar-refractivity contribution in [2.75, 3.05) is 44.9 Å². The summed E-state index contributed by atoms with van der Waals surface area (Å²) >= 11 is 0. The number of nitrogen functional groups attached to an aromatic ring is 1. The smallest absolute Gasteiger partial charge is 0.238 e. The third-order valence-corrected chi connectivity index (χ3v) is 2.39. The van der Waals surface area contributed by atoms with Gasteiger partial charge in [-0.05, 0) is 25.2 Å². The number of amides is 1. The summed E-state index contributed by atoms with van der Waals surface area (Å²) in [6.45, 7) is 0.658. The van der Waals surface area contributed by atoms with Gasteiger partial charge in [-0.2, -0.15) is 0 Å². The molecule has 1 aromatic carbocycles. The SMILES string of the molecule is COc1ccc(N)cc1NC(=O)CN(C)CCO. The quantitative estimate of drug-likeness (QED) is 0.628. The van der Waals surface area contributed by atoms with E-state index in [1.165, 1.54) is 7.11 Å². The Bertz CT molecular complexity index is 410. The van der Waals surface area contributed by atoms with Crippen LogP contribution in [-0.2, 0) is 4.79 Å². The molecule has 0 saturated carbocycles. The predicted molar refractivity (Wildman–Crippen MR) is 70.6 cm³/mol. The average molecular weight is 253 g/mol. The molecule has 0 aliphatic heterocycles. The van der Waals surface area contributed by atoms with Crippen LogP contribution >= 0.6 is 0 Å². The molecule has 0 bridgehead atoms. The number of carbonyl (C=O) groups is 1. The standard InChI is InChI=1S/C12H19N3O3/c1-15(5-6-16)8-12(17)14-10-7-9(13)3-4-11(10)18-2/h3-4,7,16H,5-6,8,13H2,1-2H3,(H,14,17). The molecule has 0 fully saturated rings. The van der Waals surface area contributed by atoms with Crippen LogP contribution in [-0.4, -0.2) is 49.8 Å². The van der Waals surface area contributed by atoms with Gasteiger partial charge in [-0.25, -0.2) is 0 Å². The first-order chi connectivity index (χ1) is 8.56. The van der Waals surface area contributed by atoms with Gasteiger partial charge in [0.2, 0.25) is 5.91 Å². The molecular weight excluding hydrogens is 234 g/mol. The molecule has 0 aromatic heterocycles. The number of anilines is 2. The van der Waals surface area contributed by atoms with Crippen LogP contribution in [0.5, 0.6) is 5.75 Å². The fourth-order valence-electron chi connectivity index (χ4n) is 1.51. The Labute approximate surface area is 106 Å². The number of nitrogens with zero attached hydrogens (tertiary/aromatic N) is 1. The molecule has 0 saturated heterocycles. The first-order valence-corrected chi connectivity index (χ1v) is 5.59. The highest BCUT2D eigenvalue weighted by Gasteiger charge is 2.10. The minimum atomic E-state index is -0.185. The number of ether oxygens (including phenoxy) is 1. The number of carbonyl (C=O) groups excluding carboxylic acids is 1. The molecule has 0 unspecified atom stereocenters. The molecule has 18 heavy (non-hydrogen) atoms.